The summed E-state index contributed by atoms with van der Waals surface area (Å²) in [6.45, 7) is 5.70. The predicted molar refractivity (Wildman–Crippen MR) is 99.7 cm³/mol. The molecule has 2 aliphatic rings. The molecule has 0 aliphatic carbocycles. The Balaban J connectivity index is 1.70. The highest BCUT2D eigenvalue weighted by Gasteiger charge is 2.43. The van der Waals surface area contributed by atoms with Crippen molar-refractivity contribution in [2.45, 2.75) is 57.4 Å². The summed E-state index contributed by atoms with van der Waals surface area (Å²) in [7, 11) is 0. The third-order valence-electron chi connectivity index (χ3n) is 4.44. The van der Waals surface area contributed by atoms with Crippen LogP contribution in [0, 0.1) is 0 Å². The predicted octanol–water partition coefficient (Wildman–Crippen LogP) is 1.88. The quantitative estimate of drug-likeness (QED) is 0.789. The molecule has 2 aliphatic heterocycles. The van der Waals surface area contributed by atoms with E-state index in [0.717, 1.165) is 0 Å². The van der Waals surface area contributed by atoms with Crippen LogP contribution in [0.2, 0.25) is 0 Å². The summed E-state index contributed by atoms with van der Waals surface area (Å²) in [6.07, 6.45) is -0.436. The normalized spacial score (nSPS) is 24.6. The molecule has 28 heavy (non-hydrogen) atoms. The van der Waals surface area contributed by atoms with Crippen LogP contribution < -0.4 is 10.1 Å². The Morgan fingerprint density at radius 2 is 1.93 bits per heavy atom. The van der Waals surface area contributed by atoms with E-state index in [0.29, 0.717) is 12.2 Å². The molecule has 1 aromatic rings. The molecule has 0 bridgehead atoms. The fourth-order valence-electron chi connectivity index (χ4n) is 3.25. The number of esters is 1. The molecule has 1 unspecified atom stereocenters. The summed E-state index contributed by atoms with van der Waals surface area (Å²) in [4.78, 5) is 38.1. The van der Waals surface area contributed by atoms with Gasteiger partial charge in [-0.15, -0.1) is 0 Å². The fraction of sp³-hybridized carbons (Fsp3) is 0.550. The second-order valence-electron chi connectivity index (χ2n) is 8.03. The highest BCUT2D eigenvalue weighted by molar-refractivity contribution is 5.87. The number of nitrogens with one attached hydrogen (secondary N) is 1. The Morgan fingerprint density at radius 1 is 1.21 bits per heavy atom. The number of para-hydroxylation sites is 1. The van der Waals surface area contributed by atoms with E-state index in [1.54, 1.807) is 20.8 Å². The van der Waals surface area contributed by atoms with Crippen molar-refractivity contribution in [3.05, 3.63) is 30.3 Å². The third kappa shape index (κ3) is 5.15. The minimum atomic E-state index is -0.737. The Labute approximate surface area is 164 Å². The summed E-state index contributed by atoms with van der Waals surface area (Å²) in [5, 5.41) is 2.79. The largest absolute Gasteiger partial charge is 0.488 e. The van der Waals surface area contributed by atoms with Gasteiger partial charge in [0.1, 0.15) is 30.1 Å². The number of hydrogen-bond acceptors (Lipinski definition) is 6. The molecule has 0 spiro atoms. The number of carbonyl (C=O) groups excluding carboxylic acids is 3. The summed E-state index contributed by atoms with van der Waals surface area (Å²) in [6, 6.07) is 8.14. The highest BCUT2D eigenvalue weighted by Crippen LogP contribution is 2.25. The maximum absolute atomic E-state index is 12.8. The molecule has 2 heterocycles. The van der Waals surface area contributed by atoms with Crippen LogP contribution in [0.15, 0.2) is 30.3 Å². The van der Waals surface area contributed by atoms with Crippen molar-refractivity contribution >= 4 is 18.0 Å². The van der Waals surface area contributed by atoms with E-state index in [4.69, 9.17) is 14.2 Å². The zero-order chi connectivity index (χ0) is 20.3. The van der Waals surface area contributed by atoms with Gasteiger partial charge in [0.2, 0.25) is 5.91 Å². The number of cyclic esters (lactones) is 1. The van der Waals surface area contributed by atoms with Crippen molar-refractivity contribution in [2.75, 3.05) is 13.2 Å². The molecule has 2 fully saturated rings. The van der Waals surface area contributed by atoms with Crippen LogP contribution in [0.25, 0.3) is 0 Å². The molecule has 2 amide bonds. The summed E-state index contributed by atoms with van der Waals surface area (Å²) in [5.41, 5.74) is -0.678. The highest BCUT2D eigenvalue weighted by atomic mass is 16.6. The van der Waals surface area contributed by atoms with E-state index in [2.05, 4.69) is 5.32 Å². The average Bonchev–Trinajstić information content (AvgIpc) is 3.21. The minimum Gasteiger partial charge on any atom is -0.488 e. The smallest absolute Gasteiger partial charge is 0.411 e. The fourth-order valence-corrected chi connectivity index (χ4v) is 3.25. The van der Waals surface area contributed by atoms with Gasteiger partial charge in [-0.25, -0.2) is 4.79 Å². The molecule has 0 saturated carbocycles. The SMILES string of the molecule is CC(C)(C)OC(=O)N1CC(Oc2ccccc2)C[C@H]1C(=O)N[C@@H]1COC(=O)C1. The zero-order valence-electron chi connectivity index (χ0n) is 16.3. The number of amides is 2. The van der Waals surface area contributed by atoms with E-state index in [1.165, 1.54) is 4.90 Å². The van der Waals surface area contributed by atoms with E-state index in [-0.39, 0.29) is 43.6 Å². The number of hydrogen-bond donors (Lipinski definition) is 1. The summed E-state index contributed by atoms with van der Waals surface area (Å²) in [5.74, 6) is -0.00758. The maximum atomic E-state index is 12.8. The third-order valence-corrected chi connectivity index (χ3v) is 4.44. The summed E-state index contributed by atoms with van der Waals surface area (Å²) >= 11 is 0. The average molecular weight is 390 g/mol. The Bertz CT molecular complexity index is 730. The van der Waals surface area contributed by atoms with Crippen LogP contribution in [-0.2, 0) is 19.1 Å². The van der Waals surface area contributed by atoms with Gasteiger partial charge in [-0.3, -0.25) is 14.5 Å². The second-order valence-corrected chi connectivity index (χ2v) is 8.03. The van der Waals surface area contributed by atoms with Crippen molar-refractivity contribution in [3.8, 4) is 5.75 Å². The van der Waals surface area contributed by atoms with Crippen molar-refractivity contribution < 1.29 is 28.6 Å². The molecular formula is C20H26N2O6. The molecule has 1 aromatic carbocycles. The van der Waals surface area contributed by atoms with Gasteiger partial charge in [0, 0.05) is 6.42 Å². The number of rotatable bonds is 4. The van der Waals surface area contributed by atoms with Crippen LogP contribution in [0.1, 0.15) is 33.6 Å². The van der Waals surface area contributed by atoms with E-state index in [1.807, 2.05) is 30.3 Å². The molecule has 1 N–H and O–H groups in total. The first-order chi connectivity index (χ1) is 13.2. The Morgan fingerprint density at radius 3 is 2.54 bits per heavy atom. The zero-order valence-corrected chi connectivity index (χ0v) is 16.3. The molecule has 152 valence electrons. The second kappa shape index (κ2) is 8.08. The van der Waals surface area contributed by atoms with Crippen LogP contribution >= 0.6 is 0 Å². The van der Waals surface area contributed by atoms with Crippen molar-refractivity contribution in [1.29, 1.82) is 0 Å². The van der Waals surface area contributed by atoms with Gasteiger partial charge in [-0.1, -0.05) is 18.2 Å². The molecule has 3 atom stereocenters. The number of ether oxygens (including phenoxy) is 3. The molecule has 8 heteroatoms. The standard InChI is InChI=1S/C20H26N2O6/c1-20(2,3)28-19(25)22-11-15(27-14-7-5-4-6-8-14)10-16(22)18(24)21-13-9-17(23)26-12-13/h4-8,13,15-16H,9-12H2,1-3H3,(H,21,24)/t13-,15?,16-/m0/s1. The van der Waals surface area contributed by atoms with Crippen LogP contribution in [0.5, 0.6) is 5.75 Å². The number of nitrogens with zero attached hydrogens (tertiary/aromatic N) is 1. The van der Waals surface area contributed by atoms with Gasteiger partial charge in [-0.2, -0.15) is 0 Å². The number of likely N-dealkylation sites (tertiary alicyclic amines) is 1. The number of benzene rings is 1. The van der Waals surface area contributed by atoms with Crippen LogP contribution in [0.4, 0.5) is 4.79 Å². The first-order valence-electron chi connectivity index (χ1n) is 9.38. The molecule has 8 nitrogen and oxygen atoms in total. The first kappa shape index (κ1) is 20.0. The van der Waals surface area contributed by atoms with Gasteiger partial charge in [0.15, 0.2) is 0 Å². The molecule has 0 radical (unpaired) electrons. The molecule has 2 saturated heterocycles. The van der Waals surface area contributed by atoms with Gasteiger partial charge >= 0.3 is 12.1 Å². The molecule has 0 aromatic heterocycles. The topological polar surface area (TPSA) is 94.2 Å². The van der Waals surface area contributed by atoms with E-state index >= 15 is 0 Å². The monoisotopic (exact) mass is 390 g/mol. The number of carbonyl (C=O) groups is 3. The van der Waals surface area contributed by atoms with Gasteiger partial charge in [0.25, 0.3) is 0 Å². The van der Waals surface area contributed by atoms with Crippen LogP contribution in [-0.4, -0.2) is 59.8 Å². The van der Waals surface area contributed by atoms with Crippen molar-refractivity contribution in [2.24, 2.45) is 0 Å². The van der Waals surface area contributed by atoms with Crippen LogP contribution in [0.3, 0.4) is 0 Å². The lowest BCUT2D eigenvalue weighted by Gasteiger charge is -2.28. The molecular weight excluding hydrogens is 364 g/mol. The lowest BCUT2D eigenvalue weighted by atomic mass is 10.1. The lowest BCUT2D eigenvalue weighted by Crippen LogP contribution is -2.50. The summed E-state index contributed by atoms with van der Waals surface area (Å²) < 4.78 is 16.3. The Kier molecular flexibility index (Phi) is 5.76. The van der Waals surface area contributed by atoms with Gasteiger partial charge in [0.05, 0.1) is 19.0 Å². The Hall–Kier alpha value is -2.77. The maximum Gasteiger partial charge on any atom is 0.411 e. The van der Waals surface area contributed by atoms with Crippen molar-refractivity contribution in [3.63, 3.8) is 0 Å². The lowest BCUT2D eigenvalue weighted by molar-refractivity contribution is -0.138. The van der Waals surface area contributed by atoms with Gasteiger partial charge in [-0.05, 0) is 32.9 Å². The molecule has 3 rings (SSSR count). The van der Waals surface area contributed by atoms with Crippen molar-refractivity contribution in [1.82, 2.24) is 10.2 Å². The minimum absolute atomic E-state index is 0.134. The van der Waals surface area contributed by atoms with E-state index < -0.39 is 17.7 Å². The van der Waals surface area contributed by atoms with E-state index in [9.17, 15) is 14.4 Å². The first-order valence-corrected chi connectivity index (χ1v) is 9.38. The van der Waals surface area contributed by atoms with Gasteiger partial charge < -0.3 is 19.5 Å².